The number of furan rings is 1. The molecule has 0 unspecified atom stereocenters. The van der Waals surface area contributed by atoms with Crippen molar-refractivity contribution in [1.82, 2.24) is 14.5 Å². The minimum Gasteiger partial charge on any atom is -0.467 e. The van der Waals surface area contributed by atoms with Crippen molar-refractivity contribution in [3.05, 3.63) is 50.6 Å². The van der Waals surface area contributed by atoms with Crippen molar-refractivity contribution in [1.29, 1.82) is 0 Å². The number of fused-ring (bicyclic) bond motifs is 1. The third-order valence-corrected chi connectivity index (χ3v) is 4.21. The van der Waals surface area contributed by atoms with Crippen LogP contribution in [0.1, 0.15) is 31.6 Å². The zero-order chi connectivity index (χ0) is 15.7. The lowest BCUT2D eigenvalue weighted by molar-refractivity contribution is 0.200. The second kappa shape index (κ2) is 5.84. The molecule has 0 fully saturated rings. The maximum absolute atomic E-state index is 12.1. The molecule has 0 radical (unpaired) electrons. The van der Waals surface area contributed by atoms with E-state index >= 15 is 0 Å². The molecule has 0 aromatic carbocycles. The second-order valence-electron chi connectivity index (χ2n) is 5.59. The molecule has 22 heavy (non-hydrogen) atoms. The Morgan fingerprint density at radius 2 is 2.23 bits per heavy atom. The molecule has 7 heteroatoms. The number of rotatable bonds is 4. The van der Waals surface area contributed by atoms with Gasteiger partial charge in [-0.2, -0.15) is 0 Å². The first-order valence-electron chi connectivity index (χ1n) is 7.46. The van der Waals surface area contributed by atoms with Crippen LogP contribution in [0.2, 0.25) is 0 Å². The van der Waals surface area contributed by atoms with Crippen LogP contribution < -0.4 is 16.6 Å². The van der Waals surface area contributed by atoms with Crippen LogP contribution in [-0.2, 0) is 13.1 Å². The molecule has 118 valence electrons. The number of nitrogens with one attached hydrogen (secondary N) is 2. The molecule has 3 rings (SSSR count). The highest BCUT2D eigenvalue weighted by atomic mass is 16.3. The van der Waals surface area contributed by atoms with Gasteiger partial charge in [-0.25, -0.2) is 4.79 Å². The molecular formula is C15H20N4O3. The van der Waals surface area contributed by atoms with Crippen molar-refractivity contribution in [2.24, 2.45) is 0 Å². The molecule has 0 saturated carbocycles. The minimum atomic E-state index is -0.426. The van der Waals surface area contributed by atoms with E-state index in [0.29, 0.717) is 42.9 Å². The van der Waals surface area contributed by atoms with Gasteiger partial charge < -0.3 is 9.73 Å². The van der Waals surface area contributed by atoms with E-state index in [4.69, 9.17) is 4.42 Å². The largest absolute Gasteiger partial charge is 0.467 e. The summed E-state index contributed by atoms with van der Waals surface area (Å²) in [6.07, 6.45) is 2.57. The zero-order valence-electron chi connectivity index (χ0n) is 12.8. The van der Waals surface area contributed by atoms with Gasteiger partial charge in [-0.3, -0.25) is 19.2 Å². The minimum absolute atomic E-state index is 0.293. The number of hydrogen-bond donors (Lipinski definition) is 2. The number of aromatic amines is 1. The standard InChI is InChI=1S/C15H20N4O3/c1-3-10(2)18-8-12-13(16-9-18)19(15(21)17-14(12)20)7-11-5-4-6-22-11/h4-6,10,16H,3,7-9H2,1-2H3,(H,17,20,21)/t10-/m0/s1. The van der Waals surface area contributed by atoms with E-state index in [1.54, 1.807) is 18.4 Å². The third-order valence-electron chi connectivity index (χ3n) is 4.21. The van der Waals surface area contributed by atoms with Crippen LogP contribution in [0.25, 0.3) is 0 Å². The van der Waals surface area contributed by atoms with Crippen LogP contribution in [0, 0.1) is 0 Å². The summed E-state index contributed by atoms with van der Waals surface area (Å²) in [5, 5.41) is 3.22. The summed E-state index contributed by atoms with van der Waals surface area (Å²) in [6.45, 7) is 5.68. The smallest absolute Gasteiger partial charge is 0.330 e. The van der Waals surface area contributed by atoms with Crippen molar-refractivity contribution in [3.63, 3.8) is 0 Å². The Balaban J connectivity index is 2.00. The lowest BCUT2D eigenvalue weighted by Gasteiger charge is -2.34. The summed E-state index contributed by atoms with van der Waals surface area (Å²) in [7, 11) is 0. The fraction of sp³-hybridized carbons (Fsp3) is 0.467. The first kappa shape index (κ1) is 14.6. The molecule has 2 aromatic heterocycles. The SMILES string of the molecule is CC[C@H](C)N1CNc2c(c(=O)[nH]c(=O)n2Cc2ccco2)C1. The van der Waals surface area contributed by atoms with E-state index in [1.165, 1.54) is 4.57 Å². The number of aromatic nitrogens is 2. The Kier molecular flexibility index (Phi) is 3.89. The molecule has 0 spiro atoms. The summed E-state index contributed by atoms with van der Waals surface area (Å²) in [5.41, 5.74) is -0.154. The lowest BCUT2D eigenvalue weighted by Crippen LogP contribution is -2.46. The quantitative estimate of drug-likeness (QED) is 0.885. The van der Waals surface area contributed by atoms with Crippen molar-refractivity contribution < 1.29 is 4.42 Å². The van der Waals surface area contributed by atoms with Crippen molar-refractivity contribution >= 4 is 5.82 Å². The predicted octanol–water partition coefficient (Wildman–Crippen LogP) is 1.16. The van der Waals surface area contributed by atoms with Crippen molar-refractivity contribution in [2.45, 2.75) is 39.4 Å². The fourth-order valence-electron chi connectivity index (χ4n) is 2.68. The Bertz CT molecular complexity index is 760. The zero-order valence-corrected chi connectivity index (χ0v) is 12.8. The maximum atomic E-state index is 12.1. The van der Waals surface area contributed by atoms with Gasteiger partial charge in [0.1, 0.15) is 11.6 Å². The molecule has 0 amide bonds. The number of anilines is 1. The van der Waals surface area contributed by atoms with Gasteiger partial charge in [-0.1, -0.05) is 6.92 Å². The average Bonchev–Trinajstić information content (AvgIpc) is 3.03. The number of hydrogen-bond acceptors (Lipinski definition) is 5. The van der Waals surface area contributed by atoms with Crippen LogP contribution in [0.5, 0.6) is 0 Å². The molecular weight excluding hydrogens is 284 g/mol. The van der Waals surface area contributed by atoms with Gasteiger partial charge >= 0.3 is 5.69 Å². The van der Waals surface area contributed by atoms with E-state index < -0.39 is 5.69 Å². The predicted molar refractivity (Wildman–Crippen MR) is 82.9 cm³/mol. The molecule has 1 aliphatic heterocycles. The van der Waals surface area contributed by atoms with Crippen LogP contribution in [0.3, 0.4) is 0 Å². The summed E-state index contributed by atoms with van der Waals surface area (Å²) in [4.78, 5) is 28.8. The lowest BCUT2D eigenvalue weighted by atomic mass is 10.1. The van der Waals surface area contributed by atoms with Gasteiger partial charge in [-0.15, -0.1) is 0 Å². The third kappa shape index (κ3) is 2.59. The molecule has 1 aliphatic rings. The molecule has 7 nitrogen and oxygen atoms in total. The summed E-state index contributed by atoms with van der Waals surface area (Å²) in [5.74, 6) is 1.26. The van der Waals surface area contributed by atoms with Crippen molar-refractivity contribution in [3.8, 4) is 0 Å². The first-order chi connectivity index (χ1) is 10.6. The summed E-state index contributed by atoms with van der Waals surface area (Å²) >= 11 is 0. The Hall–Kier alpha value is -2.28. The highest BCUT2D eigenvalue weighted by Crippen LogP contribution is 2.20. The average molecular weight is 304 g/mol. The number of H-pyrrole nitrogens is 1. The van der Waals surface area contributed by atoms with Gasteiger partial charge in [-0.05, 0) is 25.5 Å². The van der Waals surface area contributed by atoms with Crippen LogP contribution >= 0.6 is 0 Å². The Morgan fingerprint density at radius 1 is 1.41 bits per heavy atom. The topological polar surface area (TPSA) is 83.3 Å². The van der Waals surface area contributed by atoms with Gasteiger partial charge in [0.2, 0.25) is 0 Å². The van der Waals surface area contributed by atoms with Gasteiger partial charge in [0.25, 0.3) is 5.56 Å². The van der Waals surface area contributed by atoms with E-state index in [0.717, 1.165) is 6.42 Å². The monoisotopic (exact) mass is 304 g/mol. The molecule has 0 aliphatic carbocycles. The molecule has 3 heterocycles. The van der Waals surface area contributed by atoms with E-state index in [2.05, 4.69) is 29.0 Å². The molecule has 2 aromatic rings. The normalized spacial score (nSPS) is 16.1. The summed E-state index contributed by atoms with van der Waals surface area (Å²) < 4.78 is 6.82. The highest BCUT2D eigenvalue weighted by Gasteiger charge is 2.25. The number of nitrogens with zero attached hydrogens (tertiary/aromatic N) is 2. The van der Waals surface area contributed by atoms with Crippen LogP contribution in [0.15, 0.2) is 32.4 Å². The fourth-order valence-corrected chi connectivity index (χ4v) is 2.68. The molecule has 1 atom stereocenters. The van der Waals surface area contributed by atoms with E-state index in [-0.39, 0.29) is 5.56 Å². The summed E-state index contributed by atoms with van der Waals surface area (Å²) in [6, 6.07) is 3.94. The van der Waals surface area contributed by atoms with Crippen LogP contribution in [-0.4, -0.2) is 27.2 Å². The molecule has 2 N–H and O–H groups in total. The molecule has 0 bridgehead atoms. The van der Waals surface area contributed by atoms with E-state index in [1.807, 2.05) is 0 Å². The maximum Gasteiger partial charge on any atom is 0.330 e. The Morgan fingerprint density at radius 3 is 2.91 bits per heavy atom. The van der Waals surface area contributed by atoms with E-state index in [9.17, 15) is 9.59 Å². The first-order valence-corrected chi connectivity index (χ1v) is 7.46. The highest BCUT2D eigenvalue weighted by molar-refractivity contribution is 5.45. The Labute approximate surface area is 127 Å². The van der Waals surface area contributed by atoms with Crippen molar-refractivity contribution in [2.75, 3.05) is 12.0 Å². The van der Waals surface area contributed by atoms with Gasteiger partial charge in [0, 0.05) is 12.6 Å². The molecule has 0 saturated heterocycles. The van der Waals surface area contributed by atoms with Gasteiger partial charge in [0.05, 0.1) is 25.0 Å². The second-order valence-corrected chi connectivity index (χ2v) is 5.59. The van der Waals surface area contributed by atoms with Crippen LogP contribution in [0.4, 0.5) is 5.82 Å². The van der Waals surface area contributed by atoms with Gasteiger partial charge in [0.15, 0.2) is 0 Å².